The fourth-order valence-electron chi connectivity index (χ4n) is 2.34. The van der Waals surface area contributed by atoms with E-state index in [2.05, 4.69) is 16.0 Å². The van der Waals surface area contributed by atoms with Crippen LogP contribution in [0.4, 0.5) is 15.8 Å². The molecule has 0 heterocycles. The van der Waals surface area contributed by atoms with Gasteiger partial charge in [-0.25, -0.2) is 4.39 Å². The van der Waals surface area contributed by atoms with Crippen molar-refractivity contribution in [2.45, 2.75) is 32.9 Å². The van der Waals surface area contributed by atoms with Gasteiger partial charge in [0.2, 0.25) is 11.8 Å². The quantitative estimate of drug-likeness (QED) is 0.752. The van der Waals surface area contributed by atoms with Crippen molar-refractivity contribution in [3.63, 3.8) is 0 Å². The third kappa shape index (κ3) is 5.60. The lowest BCUT2D eigenvalue weighted by molar-refractivity contribution is -0.122. The molecule has 2 amide bonds. The van der Waals surface area contributed by atoms with Gasteiger partial charge in [0, 0.05) is 18.3 Å². The van der Waals surface area contributed by atoms with Crippen molar-refractivity contribution in [2.75, 3.05) is 10.6 Å². The van der Waals surface area contributed by atoms with Crippen LogP contribution in [0.3, 0.4) is 0 Å². The SMILES string of the molecule is CC(=O)Nc1ccc(NC(C)C(=O)NC(C)c2ccc(F)cc2)cc1. The van der Waals surface area contributed by atoms with Crippen LogP contribution in [-0.2, 0) is 9.59 Å². The number of amides is 2. The van der Waals surface area contributed by atoms with E-state index < -0.39 is 6.04 Å². The number of anilines is 2. The Labute approximate surface area is 146 Å². The molecule has 6 heteroatoms. The first-order valence-electron chi connectivity index (χ1n) is 8.05. The standard InChI is InChI=1S/C19H22FN3O2/c1-12(15-4-6-16(20)7-5-15)22-19(25)13(2)21-17-8-10-18(11-9-17)23-14(3)24/h4-13,21H,1-3H3,(H,22,25)(H,23,24). The molecule has 0 saturated carbocycles. The number of rotatable bonds is 6. The second-order valence-corrected chi connectivity index (χ2v) is 5.91. The molecular weight excluding hydrogens is 321 g/mol. The highest BCUT2D eigenvalue weighted by atomic mass is 19.1. The summed E-state index contributed by atoms with van der Waals surface area (Å²) in [5.41, 5.74) is 2.30. The van der Waals surface area contributed by atoms with Gasteiger partial charge in [-0.15, -0.1) is 0 Å². The first-order chi connectivity index (χ1) is 11.8. The minimum Gasteiger partial charge on any atom is -0.374 e. The summed E-state index contributed by atoms with van der Waals surface area (Å²) in [5, 5.41) is 8.68. The fraction of sp³-hybridized carbons (Fsp3) is 0.263. The number of hydrogen-bond acceptors (Lipinski definition) is 3. The van der Waals surface area contributed by atoms with Gasteiger partial charge in [0.25, 0.3) is 0 Å². The second-order valence-electron chi connectivity index (χ2n) is 5.91. The summed E-state index contributed by atoms with van der Waals surface area (Å²) in [5.74, 6) is -0.606. The van der Waals surface area contributed by atoms with Crippen LogP contribution in [0, 0.1) is 5.82 Å². The lowest BCUT2D eigenvalue weighted by Gasteiger charge is -2.19. The van der Waals surface area contributed by atoms with Gasteiger partial charge < -0.3 is 16.0 Å². The third-order valence-corrected chi connectivity index (χ3v) is 3.71. The van der Waals surface area contributed by atoms with E-state index in [-0.39, 0.29) is 23.7 Å². The highest BCUT2D eigenvalue weighted by Crippen LogP contribution is 2.16. The Balaban J connectivity index is 1.91. The van der Waals surface area contributed by atoms with Crippen LogP contribution in [0.15, 0.2) is 48.5 Å². The van der Waals surface area contributed by atoms with Crippen molar-refractivity contribution in [1.82, 2.24) is 5.32 Å². The Morgan fingerprint density at radius 2 is 1.48 bits per heavy atom. The minimum atomic E-state index is -0.450. The number of benzene rings is 2. The van der Waals surface area contributed by atoms with Gasteiger partial charge >= 0.3 is 0 Å². The summed E-state index contributed by atoms with van der Waals surface area (Å²) in [6.07, 6.45) is 0. The van der Waals surface area contributed by atoms with E-state index in [0.717, 1.165) is 11.3 Å². The molecule has 5 nitrogen and oxygen atoms in total. The smallest absolute Gasteiger partial charge is 0.242 e. The summed E-state index contributed by atoms with van der Waals surface area (Å²) in [6, 6.07) is 12.5. The topological polar surface area (TPSA) is 70.2 Å². The fourth-order valence-corrected chi connectivity index (χ4v) is 2.34. The maximum Gasteiger partial charge on any atom is 0.242 e. The highest BCUT2D eigenvalue weighted by Gasteiger charge is 2.16. The summed E-state index contributed by atoms with van der Waals surface area (Å²) in [6.45, 7) is 5.05. The summed E-state index contributed by atoms with van der Waals surface area (Å²) in [4.78, 5) is 23.3. The zero-order valence-electron chi connectivity index (χ0n) is 14.5. The van der Waals surface area contributed by atoms with Gasteiger partial charge in [0.1, 0.15) is 11.9 Å². The largest absolute Gasteiger partial charge is 0.374 e. The number of halogens is 1. The lowest BCUT2D eigenvalue weighted by atomic mass is 10.1. The van der Waals surface area contributed by atoms with Crippen molar-refractivity contribution >= 4 is 23.2 Å². The van der Waals surface area contributed by atoms with E-state index in [9.17, 15) is 14.0 Å². The molecule has 2 aromatic rings. The average molecular weight is 343 g/mol. The van der Waals surface area contributed by atoms with E-state index in [1.165, 1.54) is 19.1 Å². The molecule has 0 bridgehead atoms. The van der Waals surface area contributed by atoms with Crippen LogP contribution in [0.5, 0.6) is 0 Å². The maximum atomic E-state index is 13.0. The molecule has 0 spiro atoms. The molecular formula is C19H22FN3O2. The zero-order chi connectivity index (χ0) is 18.4. The van der Waals surface area contributed by atoms with Gasteiger partial charge in [-0.05, 0) is 55.8 Å². The molecule has 0 fully saturated rings. The Bertz CT molecular complexity index is 729. The molecule has 2 unspecified atom stereocenters. The molecule has 3 N–H and O–H groups in total. The number of nitrogens with one attached hydrogen (secondary N) is 3. The van der Waals surface area contributed by atoms with E-state index in [1.54, 1.807) is 43.3 Å². The van der Waals surface area contributed by atoms with E-state index in [4.69, 9.17) is 0 Å². The summed E-state index contributed by atoms with van der Waals surface area (Å²) >= 11 is 0. The van der Waals surface area contributed by atoms with E-state index in [1.807, 2.05) is 6.92 Å². The summed E-state index contributed by atoms with van der Waals surface area (Å²) in [7, 11) is 0. The van der Waals surface area contributed by atoms with Crippen LogP contribution in [0.25, 0.3) is 0 Å². The molecule has 2 aromatic carbocycles. The normalized spacial score (nSPS) is 12.8. The van der Waals surface area contributed by atoms with Gasteiger partial charge in [-0.2, -0.15) is 0 Å². The predicted molar refractivity (Wildman–Crippen MR) is 96.8 cm³/mol. The number of carbonyl (C=O) groups excluding carboxylic acids is 2. The van der Waals surface area contributed by atoms with Crippen LogP contribution in [-0.4, -0.2) is 17.9 Å². The van der Waals surface area contributed by atoms with Gasteiger partial charge in [0.15, 0.2) is 0 Å². The minimum absolute atomic E-state index is 0.136. The molecule has 25 heavy (non-hydrogen) atoms. The Kier molecular flexibility index (Phi) is 6.11. The first-order valence-corrected chi connectivity index (χ1v) is 8.05. The molecule has 0 aromatic heterocycles. The lowest BCUT2D eigenvalue weighted by Crippen LogP contribution is -2.38. The van der Waals surface area contributed by atoms with Crippen LogP contribution >= 0.6 is 0 Å². The molecule has 0 aliphatic carbocycles. The number of hydrogen-bond donors (Lipinski definition) is 3. The Morgan fingerprint density at radius 3 is 2.04 bits per heavy atom. The second kappa shape index (κ2) is 8.28. The monoisotopic (exact) mass is 343 g/mol. The zero-order valence-corrected chi connectivity index (χ0v) is 14.5. The van der Waals surface area contributed by atoms with Crippen molar-refractivity contribution < 1.29 is 14.0 Å². The van der Waals surface area contributed by atoms with Gasteiger partial charge in [-0.1, -0.05) is 12.1 Å². The average Bonchev–Trinajstić information content (AvgIpc) is 2.56. The molecule has 0 aliphatic rings. The predicted octanol–water partition coefficient (Wildman–Crippen LogP) is 3.46. The van der Waals surface area contributed by atoms with Crippen molar-refractivity contribution in [3.8, 4) is 0 Å². The maximum absolute atomic E-state index is 13.0. The van der Waals surface area contributed by atoms with Crippen molar-refractivity contribution in [3.05, 3.63) is 59.9 Å². The van der Waals surface area contributed by atoms with Gasteiger partial charge in [0.05, 0.1) is 6.04 Å². The van der Waals surface area contributed by atoms with E-state index in [0.29, 0.717) is 5.69 Å². The van der Waals surface area contributed by atoms with Gasteiger partial charge in [-0.3, -0.25) is 9.59 Å². The molecule has 0 radical (unpaired) electrons. The van der Waals surface area contributed by atoms with Crippen molar-refractivity contribution in [1.29, 1.82) is 0 Å². The van der Waals surface area contributed by atoms with Crippen LogP contribution in [0.2, 0.25) is 0 Å². The van der Waals surface area contributed by atoms with Crippen LogP contribution < -0.4 is 16.0 Å². The number of carbonyl (C=O) groups is 2. The molecule has 2 rings (SSSR count). The molecule has 132 valence electrons. The van der Waals surface area contributed by atoms with Crippen LogP contribution in [0.1, 0.15) is 32.4 Å². The third-order valence-electron chi connectivity index (χ3n) is 3.71. The highest BCUT2D eigenvalue weighted by molar-refractivity contribution is 5.89. The molecule has 2 atom stereocenters. The van der Waals surface area contributed by atoms with E-state index >= 15 is 0 Å². The Morgan fingerprint density at radius 1 is 0.920 bits per heavy atom. The summed E-state index contributed by atoms with van der Waals surface area (Å²) < 4.78 is 13.0. The molecule has 0 aliphatic heterocycles. The first kappa shape index (κ1) is 18.4. The molecule has 0 saturated heterocycles. The van der Waals surface area contributed by atoms with Crippen molar-refractivity contribution in [2.24, 2.45) is 0 Å². The Hall–Kier alpha value is -2.89.